The maximum Gasteiger partial charge on any atom is 0.0682 e. The lowest BCUT2D eigenvalue weighted by atomic mass is 10.1. The summed E-state index contributed by atoms with van der Waals surface area (Å²) in [5.74, 6) is 0. The minimum absolute atomic E-state index is 0.652. The summed E-state index contributed by atoms with van der Waals surface area (Å²) >= 11 is 0. The summed E-state index contributed by atoms with van der Waals surface area (Å²) < 4.78 is 0. The van der Waals surface area contributed by atoms with Crippen LogP contribution in [0.1, 0.15) is 5.56 Å². The smallest absolute Gasteiger partial charge is 0.0682 e. The maximum atomic E-state index is 5.53. The van der Waals surface area contributed by atoms with Crippen molar-refractivity contribution in [1.82, 2.24) is 10.2 Å². The molecule has 0 atom stereocenters. The van der Waals surface area contributed by atoms with Crippen molar-refractivity contribution in [2.45, 2.75) is 6.42 Å². The highest BCUT2D eigenvalue weighted by Crippen LogP contribution is 2.20. The molecule has 0 spiro atoms. The fraction of sp³-hybridized carbons (Fsp3) is 0.182. The molecule has 0 aliphatic heterocycles. The van der Waals surface area contributed by atoms with Crippen LogP contribution in [0.2, 0.25) is 0 Å². The van der Waals surface area contributed by atoms with Gasteiger partial charge in [0.15, 0.2) is 0 Å². The van der Waals surface area contributed by atoms with Gasteiger partial charge in [0, 0.05) is 0 Å². The molecule has 0 aliphatic carbocycles. The summed E-state index contributed by atoms with van der Waals surface area (Å²) in [7, 11) is 0. The number of nitrogens with one attached hydrogen (secondary N) is 1. The molecule has 0 bridgehead atoms. The van der Waals surface area contributed by atoms with Crippen molar-refractivity contribution in [2.75, 3.05) is 6.54 Å². The molecule has 0 aliphatic rings. The number of hydrogen-bond donors (Lipinski definition) is 2. The molecule has 0 saturated carbocycles. The predicted molar refractivity (Wildman–Crippen MR) is 56.8 cm³/mol. The van der Waals surface area contributed by atoms with Crippen molar-refractivity contribution >= 4 is 0 Å². The Morgan fingerprint density at radius 1 is 1.21 bits per heavy atom. The van der Waals surface area contributed by atoms with E-state index in [1.54, 1.807) is 0 Å². The molecule has 1 aromatic heterocycles. The van der Waals surface area contributed by atoms with Crippen molar-refractivity contribution < 1.29 is 0 Å². The number of benzene rings is 1. The Kier molecular flexibility index (Phi) is 2.60. The van der Waals surface area contributed by atoms with Crippen LogP contribution in [0.4, 0.5) is 0 Å². The van der Waals surface area contributed by atoms with E-state index in [-0.39, 0.29) is 0 Å². The first kappa shape index (κ1) is 8.97. The van der Waals surface area contributed by atoms with Crippen LogP contribution in [-0.4, -0.2) is 16.7 Å². The minimum Gasteiger partial charge on any atom is -0.330 e. The van der Waals surface area contributed by atoms with Gasteiger partial charge in [-0.25, -0.2) is 0 Å². The molecule has 3 N–H and O–H groups in total. The quantitative estimate of drug-likeness (QED) is 0.766. The van der Waals surface area contributed by atoms with E-state index < -0.39 is 0 Å². The fourth-order valence-corrected chi connectivity index (χ4v) is 1.51. The van der Waals surface area contributed by atoms with E-state index >= 15 is 0 Å². The Morgan fingerprint density at radius 3 is 2.71 bits per heavy atom. The monoisotopic (exact) mass is 187 g/mol. The molecule has 0 radical (unpaired) electrons. The summed E-state index contributed by atoms with van der Waals surface area (Å²) in [5, 5.41) is 7.04. The van der Waals surface area contributed by atoms with Gasteiger partial charge in [-0.1, -0.05) is 30.3 Å². The van der Waals surface area contributed by atoms with Gasteiger partial charge in [0.05, 0.1) is 11.9 Å². The van der Waals surface area contributed by atoms with Crippen LogP contribution >= 0.6 is 0 Å². The molecule has 1 heterocycles. The van der Waals surface area contributed by atoms with Crippen molar-refractivity contribution in [1.29, 1.82) is 0 Å². The number of aromatic nitrogens is 2. The fourth-order valence-electron chi connectivity index (χ4n) is 1.51. The Bertz CT molecular complexity index is 392. The van der Waals surface area contributed by atoms with Crippen molar-refractivity contribution in [3.05, 3.63) is 42.1 Å². The molecule has 3 nitrogen and oxygen atoms in total. The van der Waals surface area contributed by atoms with Crippen LogP contribution in [0.25, 0.3) is 11.3 Å². The molecule has 1 aromatic carbocycles. The van der Waals surface area contributed by atoms with Crippen LogP contribution in [-0.2, 0) is 6.42 Å². The highest BCUT2D eigenvalue weighted by Gasteiger charge is 2.05. The molecule has 3 heteroatoms. The normalized spacial score (nSPS) is 10.4. The van der Waals surface area contributed by atoms with Crippen molar-refractivity contribution in [3.8, 4) is 11.3 Å². The molecule has 0 unspecified atom stereocenters. The third-order valence-electron chi connectivity index (χ3n) is 2.19. The Morgan fingerprint density at radius 2 is 2.00 bits per heavy atom. The lowest BCUT2D eigenvalue weighted by molar-refractivity contribution is 0.972. The van der Waals surface area contributed by atoms with E-state index in [1.165, 1.54) is 5.56 Å². The highest BCUT2D eigenvalue weighted by molar-refractivity contribution is 5.62. The standard InChI is InChI=1S/C11H13N3/c12-7-6-10-8-13-14-11(10)9-4-2-1-3-5-9/h1-5,8H,6-7,12H2,(H,13,14). The number of aromatic amines is 1. The van der Waals surface area contributed by atoms with Gasteiger partial charge in [-0.3, -0.25) is 5.10 Å². The first-order chi connectivity index (χ1) is 6.92. The molecule has 2 aromatic rings. The lowest BCUT2D eigenvalue weighted by Gasteiger charge is -2.00. The molecule has 0 fully saturated rings. The zero-order valence-corrected chi connectivity index (χ0v) is 7.90. The average Bonchev–Trinajstić information content (AvgIpc) is 2.68. The number of nitrogens with zero attached hydrogens (tertiary/aromatic N) is 1. The zero-order valence-electron chi connectivity index (χ0n) is 7.90. The van der Waals surface area contributed by atoms with Crippen LogP contribution in [0, 0.1) is 0 Å². The van der Waals surface area contributed by atoms with Gasteiger partial charge in [-0.05, 0) is 24.1 Å². The molecule has 0 saturated heterocycles. The summed E-state index contributed by atoms with van der Waals surface area (Å²) in [6.07, 6.45) is 2.70. The van der Waals surface area contributed by atoms with Gasteiger partial charge in [0.1, 0.15) is 0 Å². The summed E-state index contributed by atoms with van der Waals surface area (Å²) in [4.78, 5) is 0. The van der Waals surface area contributed by atoms with Gasteiger partial charge in [-0.2, -0.15) is 5.10 Å². The van der Waals surface area contributed by atoms with Gasteiger partial charge < -0.3 is 5.73 Å². The van der Waals surface area contributed by atoms with E-state index in [0.29, 0.717) is 6.54 Å². The Labute approximate surface area is 83.0 Å². The molecular weight excluding hydrogens is 174 g/mol. The second-order valence-corrected chi connectivity index (χ2v) is 3.17. The van der Waals surface area contributed by atoms with Crippen LogP contribution in [0.3, 0.4) is 0 Å². The van der Waals surface area contributed by atoms with Gasteiger partial charge >= 0.3 is 0 Å². The third kappa shape index (κ3) is 1.67. The third-order valence-corrected chi connectivity index (χ3v) is 2.19. The largest absolute Gasteiger partial charge is 0.330 e. The van der Waals surface area contributed by atoms with Gasteiger partial charge in [-0.15, -0.1) is 0 Å². The molecule has 14 heavy (non-hydrogen) atoms. The van der Waals surface area contributed by atoms with E-state index in [2.05, 4.69) is 22.3 Å². The highest BCUT2D eigenvalue weighted by atomic mass is 15.1. The molecular formula is C11H13N3. The summed E-state index contributed by atoms with van der Waals surface area (Å²) in [5.41, 5.74) is 8.94. The number of hydrogen-bond acceptors (Lipinski definition) is 2. The number of nitrogens with two attached hydrogens (primary N) is 1. The summed E-state index contributed by atoms with van der Waals surface area (Å²) in [6.45, 7) is 0.652. The second-order valence-electron chi connectivity index (χ2n) is 3.17. The zero-order chi connectivity index (χ0) is 9.80. The van der Waals surface area contributed by atoms with E-state index in [0.717, 1.165) is 17.7 Å². The number of rotatable bonds is 3. The SMILES string of the molecule is NCCc1cn[nH]c1-c1ccccc1. The van der Waals surface area contributed by atoms with E-state index in [9.17, 15) is 0 Å². The molecule has 0 amide bonds. The maximum absolute atomic E-state index is 5.53. The Balaban J connectivity index is 2.37. The lowest BCUT2D eigenvalue weighted by Crippen LogP contribution is -2.02. The summed E-state index contributed by atoms with van der Waals surface area (Å²) in [6, 6.07) is 10.2. The first-order valence-electron chi connectivity index (χ1n) is 4.69. The van der Waals surface area contributed by atoms with E-state index in [1.807, 2.05) is 24.4 Å². The molecule has 72 valence electrons. The van der Waals surface area contributed by atoms with Crippen LogP contribution in [0.5, 0.6) is 0 Å². The Hall–Kier alpha value is -1.61. The second kappa shape index (κ2) is 4.07. The van der Waals surface area contributed by atoms with E-state index in [4.69, 9.17) is 5.73 Å². The van der Waals surface area contributed by atoms with Crippen LogP contribution in [0.15, 0.2) is 36.5 Å². The number of H-pyrrole nitrogens is 1. The topological polar surface area (TPSA) is 54.7 Å². The first-order valence-corrected chi connectivity index (χ1v) is 4.69. The van der Waals surface area contributed by atoms with Gasteiger partial charge in [0.2, 0.25) is 0 Å². The average molecular weight is 187 g/mol. The van der Waals surface area contributed by atoms with Gasteiger partial charge in [0.25, 0.3) is 0 Å². The van der Waals surface area contributed by atoms with Crippen molar-refractivity contribution in [3.63, 3.8) is 0 Å². The van der Waals surface area contributed by atoms with Crippen LogP contribution < -0.4 is 5.73 Å². The minimum atomic E-state index is 0.652. The van der Waals surface area contributed by atoms with Crippen molar-refractivity contribution in [2.24, 2.45) is 5.73 Å². The molecule has 2 rings (SSSR count). The predicted octanol–water partition coefficient (Wildman–Crippen LogP) is 1.58.